The Morgan fingerprint density at radius 3 is 2.00 bits per heavy atom. The van der Waals surface area contributed by atoms with Gasteiger partial charge in [0.2, 0.25) is 0 Å². The summed E-state index contributed by atoms with van der Waals surface area (Å²) in [5.41, 5.74) is 4.90. The number of benzene rings is 4. The normalized spacial score (nSPS) is 12.3. The summed E-state index contributed by atoms with van der Waals surface area (Å²) in [6.07, 6.45) is 0. The highest BCUT2D eigenvalue weighted by Crippen LogP contribution is 2.37. The fourth-order valence-electron chi connectivity index (χ4n) is 4.79. The lowest BCUT2D eigenvalue weighted by Gasteiger charge is -2.18. The second-order valence-corrected chi connectivity index (χ2v) is 10.1. The van der Waals surface area contributed by atoms with E-state index in [9.17, 15) is 0 Å². The van der Waals surface area contributed by atoms with E-state index in [-0.39, 0.29) is 5.41 Å². The van der Waals surface area contributed by atoms with Crippen LogP contribution in [0.5, 0.6) is 0 Å². The molecule has 0 radical (unpaired) electrons. The van der Waals surface area contributed by atoms with Gasteiger partial charge in [-0.2, -0.15) is 0 Å². The van der Waals surface area contributed by atoms with E-state index in [1.807, 2.05) is 54.6 Å². The summed E-state index contributed by atoms with van der Waals surface area (Å²) in [6.45, 7) is 6.35. The Labute approximate surface area is 207 Å². The first-order valence-electron chi connectivity index (χ1n) is 12.0. The van der Waals surface area contributed by atoms with Crippen LogP contribution in [0.2, 0.25) is 0 Å². The van der Waals surface area contributed by atoms with E-state index in [2.05, 4.69) is 51.1 Å². The zero-order chi connectivity index (χ0) is 24.4. The fraction of sp³-hybridized carbons (Fsp3) is 0.129. The summed E-state index contributed by atoms with van der Waals surface area (Å²) < 4.78 is 12.3. The smallest absolute Gasteiger partial charge is 0.164 e. The summed E-state index contributed by atoms with van der Waals surface area (Å²) in [6, 6.07) is 28.3. The lowest BCUT2D eigenvalue weighted by atomic mass is 9.95. The van der Waals surface area contributed by atoms with E-state index in [1.54, 1.807) is 0 Å². The van der Waals surface area contributed by atoms with E-state index in [0.29, 0.717) is 11.6 Å². The summed E-state index contributed by atoms with van der Waals surface area (Å²) in [7, 11) is 0. The van der Waals surface area contributed by atoms with Crippen LogP contribution >= 0.6 is 0 Å². The van der Waals surface area contributed by atoms with Gasteiger partial charge in [-0.1, -0.05) is 75.4 Å². The molecule has 0 bridgehead atoms. The van der Waals surface area contributed by atoms with Crippen LogP contribution in [0.4, 0.5) is 0 Å². The highest BCUT2D eigenvalue weighted by Gasteiger charge is 2.23. The Hall–Kier alpha value is -4.51. The van der Waals surface area contributed by atoms with Crippen molar-refractivity contribution in [2.75, 3.05) is 0 Å². The molecular weight excluding hydrogens is 446 g/mol. The molecule has 0 saturated heterocycles. The molecule has 3 heterocycles. The summed E-state index contributed by atoms with van der Waals surface area (Å²) in [4.78, 5) is 14.8. The zero-order valence-electron chi connectivity index (χ0n) is 20.2. The van der Waals surface area contributed by atoms with Crippen LogP contribution in [-0.2, 0) is 5.41 Å². The molecule has 7 rings (SSSR count). The maximum atomic E-state index is 6.14. The van der Waals surface area contributed by atoms with Gasteiger partial charge in [-0.3, -0.25) is 0 Å². The number of rotatable bonds is 2. The number of furan rings is 2. The Kier molecular flexibility index (Phi) is 4.33. The molecule has 0 N–H and O–H groups in total. The number of hydrogen-bond donors (Lipinski definition) is 0. The molecule has 0 unspecified atom stereocenters. The molecular formula is C31H23N3O2. The third kappa shape index (κ3) is 3.20. The van der Waals surface area contributed by atoms with Crippen molar-refractivity contribution in [3.05, 3.63) is 90.8 Å². The number of para-hydroxylation sites is 2. The molecule has 0 saturated carbocycles. The maximum absolute atomic E-state index is 6.14. The third-order valence-electron chi connectivity index (χ3n) is 6.59. The number of aromatic nitrogens is 3. The van der Waals surface area contributed by atoms with Crippen LogP contribution in [0.15, 0.2) is 93.8 Å². The molecule has 174 valence electrons. The van der Waals surface area contributed by atoms with Crippen LogP contribution in [0.1, 0.15) is 26.6 Å². The maximum Gasteiger partial charge on any atom is 0.164 e. The summed E-state index contributed by atoms with van der Waals surface area (Å²) >= 11 is 0. The average molecular weight is 470 g/mol. The Balaban J connectivity index is 1.48. The monoisotopic (exact) mass is 469 g/mol. The largest absolute Gasteiger partial charge is 0.456 e. The quantitative estimate of drug-likeness (QED) is 0.255. The van der Waals surface area contributed by atoms with Crippen molar-refractivity contribution in [1.29, 1.82) is 0 Å². The van der Waals surface area contributed by atoms with Crippen molar-refractivity contribution in [2.45, 2.75) is 26.2 Å². The van der Waals surface area contributed by atoms with E-state index >= 15 is 0 Å². The molecule has 36 heavy (non-hydrogen) atoms. The van der Waals surface area contributed by atoms with Crippen molar-refractivity contribution in [1.82, 2.24) is 15.0 Å². The van der Waals surface area contributed by atoms with Gasteiger partial charge in [-0.25, -0.2) is 15.0 Å². The summed E-state index contributed by atoms with van der Waals surface area (Å²) in [5.74, 6) is 1.99. The Bertz CT molecular complexity index is 1940. The predicted octanol–water partition coefficient (Wildman–Crippen LogP) is 8.30. The molecule has 0 aliphatic heterocycles. The zero-order valence-corrected chi connectivity index (χ0v) is 20.2. The van der Waals surface area contributed by atoms with Crippen molar-refractivity contribution >= 4 is 43.9 Å². The molecule has 3 aromatic heterocycles. The fourth-order valence-corrected chi connectivity index (χ4v) is 4.79. The molecule has 0 atom stereocenters. The molecule has 5 heteroatoms. The molecule has 0 spiro atoms. The lowest BCUT2D eigenvalue weighted by Crippen LogP contribution is -2.18. The second-order valence-electron chi connectivity index (χ2n) is 10.1. The number of fused-ring (bicyclic) bond motifs is 6. The van der Waals surface area contributed by atoms with E-state index < -0.39 is 0 Å². The number of nitrogens with zero attached hydrogens (tertiary/aromatic N) is 3. The molecule has 4 aromatic carbocycles. The van der Waals surface area contributed by atoms with Crippen LogP contribution in [0.3, 0.4) is 0 Å². The van der Waals surface area contributed by atoms with Gasteiger partial charge < -0.3 is 8.83 Å². The first-order chi connectivity index (χ1) is 17.5. The van der Waals surface area contributed by atoms with Crippen LogP contribution in [-0.4, -0.2) is 15.0 Å². The summed E-state index contributed by atoms with van der Waals surface area (Å²) in [5, 5.41) is 4.24. The van der Waals surface area contributed by atoms with Gasteiger partial charge in [0.25, 0.3) is 0 Å². The minimum atomic E-state index is -0.262. The molecule has 5 nitrogen and oxygen atoms in total. The standard InChI is InChI=1S/C31H23N3O2/c1-31(2,3)30-33-28(18-15-16-20-19-9-4-6-12-23(19)36-26(20)17-18)32-29(34-30)22-11-8-14-25-27(22)21-10-5-7-13-24(21)35-25/h4-17H,1-3H3. The molecule has 0 amide bonds. The van der Waals surface area contributed by atoms with Gasteiger partial charge in [-0.15, -0.1) is 0 Å². The van der Waals surface area contributed by atoms with Gasteiger partial charge in [0.05, 0.1) is 0 Å². The molecule has 0 aliphatic rings. The van der Waals surface area contributed by atoms with Gasteiger partial charge in [0, 0.05) is 38.1 Å². The van der Waals surface area contributed by atoms with Crippen molar-refractivity contribution in [2.24, 2.45) is 0 Å². The van der Waals surface area contributed by atoms with E-state index in [1.165, 1.54) is 0 Å². The van der Waals surface area contributed by atoms with Crippen molar-refractivity contribution < 1.29 is 8.83 Å². The average Bonchev–Trinajstić information content (AvgIpc) is 3.45. The van der Waals surface area contributed by atoms with Gasteiger partial charge >= 0.3 is 0 Å². The first kappa shape index (κ1) is 20.8. The Morgan fingerprint density at radius 2 is 1.19 bits per heavy atom. The van der Waals surface area contributed by atoms with Crippen LogP contribution in [0.25, 0.3) is 66.7 Å². The molecule has 0 fully saturated rings. The van der Waals surface area contributed by atoms with Gasteiger partial charge in [-0.05, 0) is 30.3 Å². The minimum Gasteiger partial charge on any atom is -0.456 e. The Morgan fingerprint density at radius 1 is 0.556 bits per heavy atom. The van der Waals surface area contributed by atoms with Crippen LogP contribution < -0.4 is 0 Å². The third-order valence-corrected chi connectivity index (χ3v) is 6.59. The SMILES string of the molecule is CC(C)(C)c1nc(-c2ccc3c(c2)oc2ccccc23)nc(-c2cccc3oc4ccccc4c23)n1. The molecule has 0 aliphatic carbocycles. The van der Waals surface area contributed by atoms with Crippen molar-refractivity contribution in [3.8, 4) is 22.8 Å². The highest BCUT2D eigenvalue weighted by molar-refractivity contribution is 6.11. The van der Waals surface area contributed by atoms with Crippen LogP contribution in [0, 0.1) is 0 Å². The highest BCUT2D eigenvalue weighted by atomic mass is 16.3. The first-order valence-corrected chi connectivity index (χ1v) is 12.0. The molecule has 7 aromatic rings. The van der Waals surface area contributed by atoms with Gasteiger partial charge in [0.1, 0.15) is 28.2 Å². The van der Waals surface area contributed by atoms with E-state index in [4.69, 9.17) is 23.8 Å². The lowest BCUT2D eigenvalue weighted by molar-refractivity contribution is 0.543. The predicted molar refractivity (Wildman–Crippen MR) is 144 cm³/mol. The van der Waals surface area contributed by atoms with E-state index in [0.717, 1.165) is 60.8 Å². The number of hydrogen-bond acceptors (Lipinski definition) is 5. The van der Waals surface area contributed by atoms with Gasteiger partial charge in [0.15, 0.2) is 11.6 Å². The minimum absolute atomic E-state index is 0.262. The second kappa shape index (κ2) is 7.49. The topological polar surface area (TPSA) is 65.0 Å². The van der Waals surface area contributed by atoms with Crippen molar-refractivity contribution in [3.63, 3.8) is 0 Å².